The number of hydroxylamine groups is 1. The third-order valence-electron chi connectivity index (χ3n) is 5.88. The van der Waals surface area contributed by atoms with Crippen molar-refractivity contribution in [2.75, 3.05) is 20.3 Å². The first-order valence-electron chi connectivity index (χ1n) is 11.7. The van der Waals surface area contributed by atoms with Gasteiger partial charge in [0.15, 0.2) is 11.9 Å². The number of nitrogens with one attached hydrogen (secondary N) is 3. The molecule has 1 heterocycles. The first-order valence-corrected chi connectivity index (χ1v) is 11.7. The van der Waals surface area contributed by atoms with E-state index in [2.05, 4.69) is 10.6 Å². The molecule has 0 spiro atoms. The molecular formula is C24H37N3O7. The Kier molecular flexibility index (Phi) is 10.9. The van der Waals surface area contributed by atoms with E-state index < -0.39 is 48.2 Å². The highest BCUT2D eigenvalue weighted by atomic mass is 16.7. The third kappa shape index (κ3) is 7.76. The lowest BCUT2D eigenvalue weighted by Gasteiger charge is -2.36. The van der Waals surface area contributed by atoms with Gasteiger partial charge in [0.05, 0.1) is 12.5 Å². The lowest BCUT2D eigenvalue weighted by atomic mass is 9.80. The summed E-state index contributed by atoms with van der Waals surface area (Å²) < 4.78 is 11.2. The molecule has 5 N–H and O–H groups in total. The summed E-state index contributed by atoms with van der Waals surface area (Å²) in [6, 6.07) is 8.24. The van der Waals surface area contributed by atoms with Gasteiger partial charge in [0.25, 0.3) is 5.91 Å². The van der Waals surface area contributed by atoms with Crippen molar-refractivity contribution in [1.29, 1.82) is 0 Å². The fraction of sp³-hybridized carbons (Fsp3) is 0.625. The van der Waals surface area contributed by atoms with Gasteiger partial charge in [0.2, 0.25) is 11.8 Å². The molecular weight excluding hydrogens is 442 g/mol. The number of ether oxygens (including phenoxy) is 2. The molecule has 2 unspecified atom stereocenters. The molecule has 1 aromatic rings. The Morgan fingerprint density at radius 1 is 1.18 bits per heavy atom. The van der Waals surface area contributed by atoms with Crippen molar-refractivity contribution in [2.24, 2.45) is 11.8 Å². The van der Waals surface area contributed by atoms with E-state index >= 15 is 0 Å². The first-order chi connectivity index (χ1) is 16.2. The van der Waals surface area contributed by atoms with Gasteiger partial charge in [-0.2, -0.15) is 0 Å². The van der Waals surface area contributed by atoms with Crippen LogP contribution in [0.2, 0.25) is 0 Å². The number of benzene rings is 1. The van der Waals surface area contributed by atoms with Gasteiger partial charge >= 0.3 is 0 Å². The van der Waals surface area contributed by atoms with Gasteiger partial charge < -0.3 is 25.2 Å². The van der Waals surface area contributed by atoms with Crippen LogP contribution >= 0.6 is 0 Å². The van der Waals surface area contributed by atoms with Crippen molar-refractivity contribution in [3.05, 3.63) is 35.9 Å². The van der Waals surface area contributed by atoms with Crippen molar-refractivity contribution in [2.45, 2.75) is 63.9 Å². The largest absolute Gasteiger partial charge is 0.377 e. The molecule has 34 heavy (non-hydrogen) atoms. The minimum absolute atomic E-state index is 0.0905. The Morgan fingerprint density at radius 2 is 1.88 bits per heavy atom. The molecule has 4 atom stereocenters. The average molecular weight is 480 g/mol. The van der Waals surface area contributed by atoms with E-state index in [0.29, 0.717) is 13.0 Å². The van der Waals surface area contributed by atoms with Crippen LogP contribution in [-0.2, 0) is 30.3 Å². The minimum Gasteiger partial charge on any atom is -0.377 e. The number of aliphatic hydroxyl groups is 1. The molecule has 1 aliphatic rings. The summed E-state index contributed by atoms with van der Waals surface area (Å²) in [7, 11) is 1.46. The van der Waals surface area contributed by atoms with E-state index in [1.54, 1.807) is 0 Å². The van der Waals surface area contributed by atoms with Crippen LogP contribution in [0.5, 0.6) is 0 Å². The highest BCUT2D eigenvalue weighted by Crippen LogP contribution is 2.28. The van der Waals surface area contributed by atoms with Crippen molar-refractivity contribution >= 4 is 17.7 Å². The van der Waals surface area contributed by atoms with E-state index in [0.717, 1.165) is 18.4 Å². The zero-order chi connectivity index (χ0) is 25.1. The molecule has 1 aliphatic heterocycles. The second kappa shape index (κ2) is 13.4. The van der Waals surface area contributed by atoms with Gasteiger partial charge in [0, 0.05) is 20.1 Å². The summed E-state index contributed by atoms with van der Waals surface area (Å²) in [5.41, 5.74) is -0.0936. The summed E-state index contributed by atoms with van der Waals surface area (Å²) in [6.07, 6.45) is 2.06. The quantitative estimate of drug-likeness (QED) is 0.221. The number of amides is 3. The number of carbonyl (C=O) groups excluding carboxylic acids is 3. The molecule has 10 heteroatoms. The smallest absolute Gasteiger partial charge is 0.278 e. The molecule has 0 aliphatic carbocycles. The van der Waals surface area contributed by atoms with Crippen LogP contribution < -0.4 is 16.1 Å². The zero-order valence-electron chi connectivity index (χ0n) is 20.1. The molecule has 2 rings (SSSR count). The van der Waals surface area contributed by atoms with Gasteiger partial charge in [0.1, 0.15) is 6.04 Å². The molecule has 3 amide bonds. The minimum atomic E-state index is -2.39. The molecule has 0 radical (unpaired) electrons. The maximum atomic E-state index is 13.4. The summed E-state index contributed by atoms with van der Waals surface area (Å²) in [5.74, 6) is -3.66. The second-order valence-electron chi connectivity index (χ2n) is 9.02. The maximum Gasteiger partial charge on any atom is 0.278 e. The van der Waals surface area contributed by atoms with E-state index in [-0.39, 0.29) is 18.8 Å². The molecule has 0 saturated carbocycles. The number of likely N-dealkylation sites (N-methyl/N-ethyl adjacent to an activating group) is 1. The van der Waals surface area contributed by atoms with E-state index in [1.807, 2.05) is 44.2 Å². The Morgan fingerprint density at radius 3 is 2.44 bits per heavy atom. The predicted octanol–water partition coefficient (Wildman–Crippen LogP) is 0.902. The van der Waals surface area contributed by atoms with Crippen LogP contribution in [0, 0.1) is 11.8 Å². The van der Waals surface area contributed by atoms with Crippen LogP contribution in [0.15, 0.2) is 30.3 Å². The molecule has 10 nitrogen and oxygen atoms in total. The van der Waals surface area contributed by atoms with Gasteiger partial charge in [-0.1, -0.05) is 44.2 Å². The topological polar surface area (TPSA) is 146 Å². The Bertz CT molecular complexity index is 799. The van der Waals surface area contributed by atoms with Crippen molar-refractivity contribution in [3.63, 3.8) is 0 Å². The van der Waals surface area contributed by atoms with Gasteiger partial charge in [-0.3, -0.25) is 19.6 Å². The van der Waals surface area contributed by atoms with Crippen molar-refractivity contribution in [1.82, 2.24) is 16.1 Å². The van der Waals surface area contributed by atoms with Crippen LogP contribution in [0.3, 0.4) is 0 Å². The summed E-state index contributed by atoms with van der Waals surface area (Å²) in [6.45, 7) is 3.61. The standard InChI is InChI=1S/C24H37N3O7/c1-16(2)13-18(24(31,23(30)27-32)15-34-20-11-7-8-12-33-20)21(28)26-19(22(29)25-3)14-17-9-5-4-6-10-17/h4-6,9-10,16,18-20,31-32H,7-8,11-15H2,1-3H3,(H,25,29)(H,26,28)(H,27,30)/t18?,19-,20?,24-/m0/s1. The first kappa shape index (κ1) is 27.7. The number of carbonyl (C=O) groups is 3. The summed E-state index contributed by atoms with van der Waals surface area (Å²) in [4.78, 5) is 38.5. The molecule has 0 aromatic heterocycles. The SMILES string of the molecule is CNC(=O)[C@H](Cc1ccccc1)NC(=O)C(CC(C)C)[C@@](O)(COC1CCCCO1)C(=O)NO. The molecule has 1 aromatic carbocycles. The number of hydrogen-bond acceptors (Lipinski definition) is 7. The molecule has 0 bridgehead atoms. The normalized spacial score (nSPS) is 19.5. The lowest BCUT2D eigenvalue weighted by molar-refractivity contribution is -0.207. The zero-order valence-corrected chi connectivity index (χ0v) is 20.1. The van der Waals surface area contributed by atoms with E-state index in [4.69, 9.17) is 9.47 Å². The van der Waals surface area contributed by atoms with Crippen molar-refractivity contribution < 1.29 is 34.2 Å². The number of rotatable bonds is 12. The Hall–Kier alpha value is -2.53. The fourth-order valence-electron chi connectivity index (χ4n) is 3.98. The van der Waals surface area contributed by atoms with Crippen LogP contribution in [0.1, 0.15) is 45.1 Å². The summed E-state index contributed by atoms with van der Waals surface area (Å²) >= 11 is 0. The molecule has 1 saturated heterocycles. The fourth-order valence-corrected chi connectivity index (χ4v) is 3.98. The van der Waals surface area contributed by atoms with Crippen LogP contribution in [-0.4, -0.2) is 66.2 Å². The van der Waals surface area contributed by atoms with Gasteiger partial charge in [-0.15, -0.1) is 0 Å². The third-order valence-corrected chi connectivity index (χ3v) is 5.88. The number of hydrogen-bond donors (Lipinski definition) is 5. The van der Waals surface area contributed by atoms with Crippen molar-refractivity contribution in [3.8, 4) is 0 Å². The van der Waals surface area contributed by atoms with Gasteiger partial charge in [-0.05, 0) is 37.2 Å². The van der Waals surface area contributed by atoms with E-state index in [1.165, 1.54) is 12.5 Å². The average Bonchev–Trinajstić information content (AvgIpc) is 2.85. The predicted molar refractivity (Wildman–Crippen MR) is 124 cm³/mol. The highest BCUT2D eigenvalue weighted by molar-refractivity contribution is 5.94. The summed E-state index contributed by atoms with van der Waals surface area (Å²) in [5, 5.41) is 25.9. The van der Waals surface area contributed by atoms with Crippen LogP contribution in [0.4, 0.5) is 0 Å². The lowest BCUT2D eigenvalue weighted by Crippen LogP contribution is -2.61. The molecule has 190 valence electrons. The second-order valence-corrected chi connectivity index (χ2v) is 9.02. The maximum absolute atomic E-state index is 13.4. The van der Waals surface area contributed by atoms with Crippen LogP contribution in [0.25, 0.3) is 0 Å². The molecule has 1 fully saturated rings. The highest BCUT2D eigenvalue weighted by Gasteiger charge is 2.49. The van der Waals surface area contributed by atoms with Gasteiger partial charge in [-0.25, -0.2) is 5.48 Å². The Labute approximate surface area is 200 Å². The monoisotopic (exact) mass is 479 g/mol. The van der Waals surface area contributed by atoms with E-state index in [9.17, 15) is 24.7 Å². The Balaban J connectivity index is 2.27.